The van der Waals surface area contributed by atoms with Gasteiger partial charge in [-0.15, -0.1) is 0 Å². The van der Waals surface area contributed by atoms with Crippen LogP contribution in [0.15, 0.2) is 0 Å². The fourth-order valence-electron chi connectivity index (χ4n) is 1.86. The maximum absolute atomic E-state index is 10.6. The van der Waals surface area contributed by atoms with Crippen LogP contribution in [0.25, 0.3) is 0 Å². The average Bonchev–Trinajstić information content (AvgIpc) is 2.42. The van der Waals surface area contributed by atoms with Gasteiger partial charge in [0.15, 0.2) is 0 Å². The second-order valence-corrected chi connectivity index (χ2v) is 4.28. The largest absolute Gasteiger partial charge is 0.481 e. The summed E-state index contributed by atoms with van der Waals surface area (Å²) in [7, 11) is 0. The molecule has 1 atom stereocenters. The van der Waals surface area contributed by atoms with Crippen molar-refractivity contribution in [2.45, 2.75) is 39.0 Å². The van der Waals surface area contributed by atoms with E-state index in [1.54, 1.807) is 6.92 Å². The van der Waals surface area contributed by atoms with Gasteiger partial charge in [-0.1, -0.05) is 19.8 Å². The highest BCUT2D eigenvalue weighted by Gasteiger charge is 2.14. The summed E-state index contributed by atoms with van der Waals surface area (Å²) < 4.78 is 0. The third-order valence-corrected chi connectivity index (χ3v) is 3.00. The van der Waals surface area contributed by atoms with E-state index < -0.39 is 5.97 Å². The molecule has 1 aliphatic heterocycles. The summed E-state index contributed by atoms with van der Waals surface area (Å²) in [6.07, 6.45) is 6.02. The van der Waals surface area contributed by atoms with Crippen LogP contribution in [0.5, 0.6) is 0 Å². The number of rotatable bonds is 4. The highest BCUT2D eigenvalue weighted by atomic mass is 16.4. The van der Waals surface area contributed by atoms with Crippen molar-refractivity contribution in [3.8, 4) is 0 Å². The molecule has 14 heavy (non-hydrogen) atoms. The van der Waals surface area contributed by atoms with Gasteiger partial charge < -0.3 is 10.0 Å². The quantitative estimate of drug-likeness (QED) is 0.752. The van der Waals surface area contributed by atoms with Gasteiger partial charge in [-0.3, -0.25) is 4.79 Å². The molecule has 3 heteroatoms. The molecule has 0 saturated carbocycles. The number of carbonyl (C=O) groups is 1. The highest BCUT2D eigenvalue weighted by molar-refractivity contribution is 5.69. The molecule has 0 bridgehead atoms. The smallest absolute Gasteiger partial charge is 0.306 e. The summed E-state index contributed by atoms with van der Waals surface area (Å²) in [6, 6.07) is 0. The Morgan fingerprint density at radius 1 is 1.29 bits per heavy atom. The van der Waals surface area contributed by atoms with E-state index in [9.17, 15) is 4.79 Å². The lowest BCUT2D eigenvalue weighted by Crippen LogP contribution is -2.28. The Morgan fingerprint density at radius 3 is 2.36 bits per heavy atom. The summed E-state index contributed by atoms with van der Waals surface area (Å²) in [5.74, 6) is -0.863. The number of hydrogen-bond acceptors (Lipinski definition) is 2. The maximum Gasteiger partial charge on any atom is 0.306 e. The summed E-state index contributed by atoms with van der Waals surface area (Å²) in [6.45, 7) is 5.06. The summed E-state index contributed by atoms with van der Waals surface area (Å²) in [4.78, 5) is 13.0. The number of nitrogens with zero attached hydrogens (tertiary/aromatic N) is 1. The number of likely N-dealkylation sites (tertiary alicyclic amines) is 1. The first-order valence-electron chi connectivity index (χ1n) is 5.65. The van der Waals surface area contributed by atoms with Gasteiger partial charge in [-0.2, -0.15) is 0 Å². The Bertz CT molecular complexity index is 174. The fourth-order valence-corrected chi connectivity index (χ4v) is 1.86. The maximum atomic E-state index is 10.6. The zero-order valence-electron chi connectivity index (χ0n) is 9.04. The normalized spacial score (nSPS) is 21.5. The van der Waals surface area contributed by atoms with Crippen LogP contribution in [0.2, 0.25) is 0 Å². The molecule has 1 N–H and O–H groups in total. The Balaban J connectivity index is 2.18. The molecule has 1 saturated heterocycles. The second-order valence-electron chi connectivity index (χ2n) is 4.28. The SMILES string of the molecule is CC(CCN1CCCCCC1)C(=O)O. The number of carboxylic acid groups (broad SMARTS) is 1. The molecule has 0 aromatic carbocycles. The minimum absolute atomic E-state index is 0.196. The van der Waals surface area contributed by atoms with E-state index >= 15 is 0 Å². The number of aliphatic carboxylic acids is 1. The molecular formula is C11H21NO2. The predicted octanol–water partition coefficient (Wildman–Crippen LogP) is 1.97. The van der Waals surface area contributed by atoms with Crippen molar-refractivity contribution in [2.24, 2.45) is 5.92 Å². The van der Waals surface area contributed by atoms with Gasteiger partial charge in [-0.05, 0) is 38.9 Å². The van der Waals surface area contributed by atoms with Crippen LogP contribution in [-0.4, -0.2) is 35.6 Å². The Kier molecular flexibility index (Phi) is 4.94. The van der Waals surface area contributed by atoms with Gasteiger partial charge in [0, 0.05) is 0 Å². The monoisotopic (exact) mass is 199 g/mol. The van der Waals surface area contributed by atoms with E-state index in [0.29, 0.717) is 0 Å². The lowest BCUT2D eigenvalue weighted by molar-refractivity contribution is -0.141. The minimum Gasteiger partial charge on any atom is -0.481 e. The standard InChI is InChI=1S/C11H21NO2/c1-10(11(13)14)6-9-12-7-4-2-3-5-8-12/h10H,2-9H2,1H3,(H,13,14). The molecule has 3 nitrogen and oxygen atoms in total. The average molecular weight is 199 g/mol. The van der Waals surface area contributed by atoms with Crippen LogP contribution in [-0.2, 0) is 4.79 Å². The van der Waals surface area contributed by atoms with Crippen LogP contribution in [0.1, 0.15) is 39.0 Å². The van der Waals surface area contributed by atoms with Crippen LogP contribution in [0.4, 0.5) is 0 Å². The van der Waals surface area contributed by atoms with E-state index in [2.05, 4.69) is 4.90 Å². The molecule has 0 aromatic rings. The van der Waals surface area contributed by atoms with Gasteiger partial charge in [0.05, 0.1) is 5.92 Å². The highest BCUT2D eigenvalue weighted by Crippen LogP contribution is 2.11. The van der Waals surface area contributed by atoms with E-state index in [1.165, 1.54) is 25.7 Å². The summed E-state index contributed by atoms with van der Waals surface area (Å²) >= 11 is 0. The first-order valence-corrected chi connectivity index (χ1v) is 5.65. The molecular weight excluding hydrogens is 178 g/mol. The predicted molar refractivity (Wildman–Crippen MR) is 56.3 cm³/mol. The van der Waals surface area contributed by atoms with Crippen LogP contribution < -0.4 is 0 Å². The lowest BCUT2D eigenvalue weighted by Gasteiger charge is -2.20. The third-order valence-electron chi connectivity index (χ3n) is 3.00. The van der Waals surface area contributed by atoms with Crippen LogP contribution in [0.3, 0.4) is 0 Å². The molecule has 0 amide bonds. The van der Waals surface area contributed by atoms with Gasteiger partial charge >= 0.3 is 5.97 Å². The van der Waals surface area contributed by atoms with E-state index in [1.807, 2.05) is 0 Å². The third kappa shape index (κ3) is 4.09. The zero-order valence-corrected chi connectivity index (χ0v) is 9.04. The topological polar surface area (TPSA) is 40.5 Å². The van der Waals surface area contributed by atoms with E-state index in [-0.39, 0.29) is 5.92 Å². The number of carboxylic acids is 1. The number of hydrogen-bond donors (Lipinski definition) is 1. The minimum atomic E-state index is -0.667. The Hall–Kier alpha value is -0.570. The molecule has 0 spiro atoms. The molecule has 1 aliphatic rings. The molecule has 0 aliphatic carbocycles. The van der Waals surface area contributed by atoms with E-state index in [0.717, 1.165) is 26.1 Å². The van der Waals surface area contributed by atoms with Crippen molar-refractivity contribution >= 4 is 5.97 Å². The van der Waals surface area contributed by atoms with Gasteiger partial charge in [0.1, 0.15) is 0 Å². The van der Waals surface area contributed by atoms with E-state index in [4.69, 9.17) is 5.11 Å². The lowest BCUT2D eigenvalue weighted by atomic mass is 10.1. The second kappa shape index (κ2) is 6.02. The van der Waals surface area contributed by atoms with Gasteiger partial charge in [-0.25, -0.2) is 0 Å². The van der Waals surface area contributed by atoms with Crippen molar-refractivity contribution in [1.29, 1.82) is 0 Å². The van der Waals surface area contributed by atoms with Crippen molar-refractivity contribution in [1.82, 2.24) is 4.90 Å². The van der Waals surface area contributed by atoms with Crippen molar-refractivity contribution < 1.29 is 9.90 Å². The van der Waals surface area contributed by atoms with Gasteiger partial charge in [0.2, 0.25) is 0 Å². The van der Waals surface area contributed by atoms with Crippen LogP contribution >= 0.6 is 0 Å². The van der Waals surface area contributed by atoms with Crippen molar-refractivity contribution in [3.05, 3.63) is 0 Å². The zero-order chi connectivity index (χ0) is 10.4. The molecule has 1 fully saturated rings. The molecule has 1 rings (SSSR count). The molecule has 82 valence electrons. The Morgan fingerprint density at radius 2 is 1.86 bits per heavy atom. The van der Waals surface area contributed by atoms with Crippen LogP contribution in [0, 0.1) is 5.92 Å². The summed E-state index contributed by atoms with van der Waals surface area (Å²) in [5, 5.41) is 8.75. The molecule has 0 radical (unpaired) electrons. The van der Waals surface area contributed by atoms with Crippen molar-refractivity contribution in [2.75, 3.05) is 19.6 Å². The summed E-state index contributed by atoms with van der Waals surface area (Å²) in [5.41, 5.74) is 0. The first kappa shape index (κ1) is 11.5. The van der Waals surface area contributed by atoms with Crippen molar-refractivity contribution in [3.63, 3.8) is 0 Å². The Labute approximate surface area is 86.1 Å². The fraction of sp³-hybridized carbons (Fsp3) is 0.909. The molecule has 0 aromatic heterocycles. The van der Waals surface area contributed by atoms with Gasteiger partial charge in [0.25, 0.3) is 0 Å². The first-order chi connectivity index (χ1) is 6.70. The molecule has 1 heterocycles. The molecule has 1 unspecified atom stereocenters.